The second-order valence-electron chi connectivity index (χ2n) is 1.97. The molecule has 1 N–H and O–H groups in total. The van der Waals surface area contributed by atoms with Crippen molar-refractivity contribution < 1.29 is 10.0 Å². The summed E-state index contributed by atoms with van der Waals surface area (Å²) in [6.07, 6.45) is 0.870. The van der Waals surface area contributed by atoms with Crippen LogP contribution in [0.3, 0.4) is 0 Å². The molecule has 0 bridgehead atoms. The smallest absolute Gasteiger partial charge is 0.207 e. The number of oxime groups is 1. The Kier molecular flexibility index (Phi) is 2.38. The number of carbonyl (C=O) groups excluding carboxylic acids is 1. The van der Waals surface area contributed by atoms with Gasteiger partial charge in [0.2, 0.25) is 5.78 Å². The molecule has 56 valence electrons. The number of rotatable bonds is 2. The summed E-state index contributed by atoms with van der Waals surface area (Å²) in [5, 5.41) is 10.7. The fraction of sp³-hybridized carbons (Fsp3) is 0. The maximum atomic E-state index is 10.9. The van der Waals surface area contributed by atoms with Crippen LogP contribution in [-0.2, 0) is 0 Å². The van der Waals surface area contributed by atoms with E-state index in [1.165, 1.54) is 0 Å². The first-order valence-electron chi connectivity index (χ1n) is 3.11. The Morgan fingerprint density at radius 1 is 1.36 bits per heavy atom. The minimum atomic E-state index is -0.298. The van der Waals surface area contributed by atoms with Crippen LogP contribution in [0.4, 0.5) is 0 Å². The molecule has 0 saturated carbocycles. The van der Waals surface area contributed by atoms with Gasteiger partial charge in [-0.05, 0) is 0 Å². The van der Waals surface area contributed by atoms with Gasteiger partial charge in [-0.3, -0.25) is 4.79 Å². The van der Waals surface area contributed by atoms with Crippen molar-refractivity contribution in [3.63, 3.8) is 0 Å². The van der Waals surface area contributed by atoms with E-state index in [1.807, 2.05) is 6.07 Å². The van der Waals surface area contributed by atoms with Crippen LogP contribution < -0.4 is 0 Å². The summed E-state index contributed by atoms with van der Waals surface area (Å²) in [6, 6.07) is 8.62. The molecule has 1 aromatic rings. The third kappa shape index (κ3) is 1.89. The van der Waals surface area contributed by atoms with Crippen LogP contribution >= 0.6 is 0 Å². The number of benzene rings is 1. The summed E-state index contributed by atoms with van der Waals surface area (Å²) in [6.45, 7) is 0. The zero-order chi connectivity index (χ0) is 8.10. The highest BCUT2D eigenvalue weighted by molar-refractivity contribution is 6.35. The predicted molar refractivity (Wildman–Crippen MR) is 41.1 cm³/mol. The van der Waals surface area contributed by atoms with Gasteiger partial charge in [-0.15, -0.1) is 0 Å². The Labute approximate surface area is 64.0 Å². The average molecular weight is 149 g/mol. The summed E-state index contributed by atoms with van der Waals surface area (Å²) in [7, 11) is 0. The molecule has 1 rings (SSSR count). The van der Waals surface area contributed by atoms with Gasteiger partial charge in [0.25, 0.3) is 0 Å². The first kappa shape index (κ1) is 7.47. The monoisotopic (exact) mass is 149 g/mol. The molecule has 0 unspecified atom stereocenters. The maximum absolute atomic E-state index is 10.9. The molecule has 0 heterocycles. The van der Waals surface area contributed by atoms with Gasteiger partial charge in [-0.1, -0.05) is 35.5 Å². The van der Waals surface area contributed by atoms with E-state index in [0.29, 0.717) is 5.56 Å². The Bertz CT molecular complexity index is 267. The van der Waals surface area contributed by atoms with E-state index >= 15 is 0 Å². The molecule has 1 aromatic carbocycles. The van der Waals surface area contributed by atoms with Gasteiger partial charge in [-0.25, -0.2) is 0 Å². The van der Waals surface area contributed by atoms with E-state index in [2.05, 4.69) is 5.16 Å². The Morgan fingerprint density at radius 2 is 2.00 bits per heavy atom. The highest BCUT2D eigenvalue weighted by Gasteiger charge is 1.98. The number of ketones is 1. The zero-order valence-electron chi connectivity index (χ0n) is 5.77. The number of Topliss-reactive ketones (excluding diaryl/α,β-unsaturated/α-hetero) is 1. The van der Waals surface area contributed by atoms with Gasteiger partial charge in [0.1, 0.15) is 6.21 Å². The summed E-state index contributed by atoms with van der Waals surface area (Å²) >= 11 is 0. The van der Waals surface area contributed by atoms with Crippen LogP contribution in [0.2, 0.25) is 0 Å². The van der Waals surface area contributed by atoms with Gasteiger partial charge >= 0.3 is 0 Å². The molecule has 0 aliphatic carbocycles. The first-order valence-corrected chi connectivity index (χ1v) is 3.11. The molecule has 0 aliphatic rings. The normalized spacial score (nSPS) is 10.2. The molecular weight excluding hydrogens is 142 g/mol. The van der Waals surface area contributed by atoms with Crippen molar-refractivity contribution in [1.82, 2.24) is 0 Å². The minimum Gasteiger partial charge on any atom is -0.411 e. The van der Waals surface area contributed by atoms with Crippen molar-refractivity contribution >= 4 is 12.0 Å². The van der Waals surface area contributed by atoms with Crippen LogP contribution in [0.25, 0.3) is 0 Å². The second-order valence-corrected chi connectivity index (χ2v) is 1.97. The third-order valence-corrected chi connectivity index (χ3v) is 1.23. The predicted octanol–water partition coefficient (Wildman–Crippen LogP) is 1.33. The first-order chi connectivity index (χ1) is 5.34. The molecule has 0 fully saturated rings. The van der Waals surface area contributed by atoms with Crippen molar-refractivity contribution in [3.05, 3.63) is 35.9 Å². The zero-order valence-corrected chi connectivity index (χ0v) is 5.77. The van der Waals surface area contributed by atoms with E-state index in [1.54, 1.807) is 24.3 Å². The molecule has 0 radical (unpaired) electrons. The molecule has 3 nitrogen and oxygen atoms in total. The van der Waals surface area contributed by atoms with E-state index in [4.69, 9.17) is 5.21 Å². The lowest BCUT2D eigenvalue weighted by Gasteiger charge is -1.90. The Balaban J connectivity index is 2.86. The summed E-state index contributed by atoms with van der Waals surface area (Å²) in [5.74, 6) is -0.298. The van der Waals surface area contributed by atoms with Crippen molar-refractivity contribution in [2.24, 2.45) is 5.16 Å². The number of hydrogen-bond acceptors (Lipinski definition) is 3. The topological polar surface area (TPSA) is 49.7 Å². The van der Waals surface area contributed by atoms with E-state index in [9.17, 15) is 4.79 Å². The lowest BCUT2D eigenvalue weighted by atomic mass is 10.1. The van der Waals surface area contributed by atoms with Crippen LogP contribution in [0.5, 0.6) is 0 Å². The average Bonchev–Trinajstić information content (AvgIpc) is 2.07. The molecule has 0 aromatic heterocycles. The molecular formula is C8H7NO2. The number of nitrogens with zero attached hydrogens (tertiary/aromatic N) is 1. The van der Waals surface area contributed by atoms with Crippen LogP contribution in [0.1, 0.15) is 10.4 Å². The third-order valence-electron chi connectivity index (χ3n) is 1.23. The maximum Gasteiger partial charge on any atom is 0.207 e. The quantitative estimate of drug-likeness (QED) is 0.298. The van der Waals surface area contributed by atoms with Gasteiger partial charge < -0.3 is 5.21 Å². The highest BCUT2D eigenvalue weighted by atomic mass is 16.4. The van der Waals surface area contributed by atoms with Crippen LogP contribution in [0.15, 0.2) is 35.5 Å². The lowest BCUT2D eigenvalue weighted by Crippen LogP contribution is -1.98. The fourth-order valence-electron chi connectivity index (χ4n) is 0.729. The van der Waals surface area contributed by atoms with Crippen LogP contribution in [0, 0.1) is 0 Å². The van der Waals surface area contributed by atoms with Gasteiger partial charge in [0.15, 0.2) is 0 Å². The van der Waals surface area contributed by atoms with Crippen LogP contribution in [-0.4, -0.2) is 17.2 Å². The molecule has 0 aliphatic heterocycles. The Hall–Kier alpha value is -1.64. The van der Waals surface area contributed by atoms with Crippen molar-refractivity contribution in [1.29, 1.82) is 0 Å². The minimum absolute atomic E-state index is 0.298. The fourth-order valence-corrected chi connectivity index (χ4v) is 0.729. The van der Waals surface area contributed by atoms with Crippen molar-refractivity contribution in [3.8, 4) is 0 Å². The molecule has 3 heteroatoms. The summed E-state index contributed by atoms with van der Waals surface area (Å²) in [5.41, 5.74) is 0.519. The van der Waals surface area contributed by atoms with Gasteiger partial charge in [-0.2, -0.15) is 0 Å². The molecule has 0 saturated heterocycles. The Morgan fingerprint density at radius 3 is 2.55 bits per heavy atom. The largest absolute Gasteiger partial charge is 0.411 e. The molecule has 0 spiro atoms. The highest BCUT2D eigenvalue weighted by Crippen LogP contribution is 1.97. The van der Waals surface area contributed by atoms with Gasteiger partial charge in [0, 0.05) is 5.56 Å². The number of carbonyl (C=O) groups is 1. The molecule has 0 amide bonds. The van der Waals surface area contributed by atoms with E-state index in [-0.39, 0.29) is 5.78 Å². The standard InChI is InChI=1S/C8H7NO2/c10-8(6-9-11)7-4-2-1-3-5-7/h1-6,11H. The molecule has 0 atom stereocenters. The summed E-state index contributed by atoms with van der Waals surface area (Å²) < 4.78 is 0. The number of hydrogen-bond donors (Lipinski definition) is 1. The van der Waals surface area contributed by atoms with Gasteiger partial charge in [0.05, 0.1) is 0 Å². The SMILES string of the molecule is O=C(C=NO)c1ccccc1. The second kappa shape index (κ2) is 3.51. The molecule has 11 heavy (non-hydrogen) atoms. The summed E-state index contributed by atoms with van der Waals surface area (Å²) in [4.78, 5) is 10.9. The van der Waals surface area contributed by atoms with E-state index < -0.39 is 0 Å². The lowest BCUT2D eigenvalue weighted by molar-refractivity contribution is 0.106. The van der Waals surface area contributed by atoms with E-state index in [0.717, 1.165) is 6.21 Å². The van der Waals surface area contributed by atoms with Crippen molar-refractivity contribution in [2.75, 3.05) is 0 Å². The van der Waals surface area contributed by atoms with Crippen molar-refractivity contribution in [2.45, 2.75) is 0 Å².